The quantitative estimate of drug-likeness (QED) is 0.714. The summed E-state index contributed by atoms with van der Waals surface area (Å²) in [7, 11) is 0. The molecule has 0 spiro atoms. The van der Waals surface area contributed by atoms with E-state index in [1.165, 1.54) is 16.3 Å². The highest BCUT2D eigenvalue weighted by atomic mass is 14.5. The Morgan fingerprint density at radius 1 is 1.11 bits per heavy atom. The smallest absolute Gasteiger partial charge is 0.0662 e. The first-order chi connectivity index (χ1) is 8.63. The first kappa shape index (κ1) is 11.3. The highest BCUT2D eigenvalue weighted by Crippen LogP contribution is 2.57. The van der Waals surface area contributed by atoms with Gasteiger partial charge in [-0.3, -0.25) is 0 Å². The largest absolute Gasteiger partial charge is 0.198 e. The van der Waals surface area contributed by atoms with Crippen molar-refractivity contribution in [2.24, 2.45) is 11.3 Å². The Kier molecular flexibility index (Phi) is 2.41. The molecule has 0 bridgehead atoms. The third kappa shape index (κ3) is 1.53. The zero-order valence-corrected chi connectivity index (χ0v) is 10.9. The molecule has 2 unspecified atom stereocenters. The normalized spacial score (nSPS) is 25.4. The maximum Gasteiger partial charge on any atom is 0.0662 e. The topological polar surface area (TPSA) is 23.8 Å². The Balaban J connectivity index is 2.18. The van der Waals surface area contributed by atoms with Crippen LogP contribution in [0.3, 0.4) is 0 Å². The molecule has 1 aliphatic rings. The number of hydrogen-bond donors (Lipinski definition) is 0. The Morgan fingerprint density at radius 2 is 1.83 bits per heavy atom. The van der Waals surface area contributed by atoms with Crippen LogP contribution in [0.5, 0.6) is 0 Å². The van der Waals surface area contributed by atoms with E-state index < -0.39 is 0 Å². The van der Waals surface area contributed by atoms with Crippen molar-refractivity contribution >= 4 is 10.8 Å². The van der Waals surface area contributed by atoms with Crippen molar-refractivity contribution in [1.82, 2.24) is 0 Å². The minimum Gasteiger partial charge on any atom is -0.198 e. The molecule has 0 N–H and O–H groups in total. The zero-order chi connectivity index (χ0) is 12.8. The summed E-state index contributed by atoms with van der Waals surface area (Å²) in [4.78, 5) is 0. The molecule has 90 valence electrons. The van der Waals surface area contributed by atoms with Crippen LogP contribution < -0.4 is 0 Å². The Labute approximate surface area is 108 Å². The van der Waals surface area contributed by atoms with Gasteiger partial charge in [-0.15, -0.1) is 0 Å². The maximum absolute atomic E-state index is 9.27. The van der Waals surface area contributed by atoms with Crippen LogP contribution in [0, 0.1) is 22.7 Å². The second-order valence-electron chi connectivity index (χ2n) is 5.97. The molecule has 1 fully saturated rings. The Hall–Kier alpha value is -1.81. The van der Waals surface area contributed by atoms with Crippen molar-refractivity contribution in [1.29, 1.82) is 5.26 Å². The number of rotatable bonds is 1. The third-order valence-corrected chi connectivity index (χ3v) is 4.31. The van der Waals surface area contributed by atoms with Gasteiger partial charge in [0.1, 0.15) is 0 Å². The van der Waals surface area contributed by atoms with Gasteiger partial charge in [-0.05, 0) is 28.2 Å². The van der Waals surface area contributed by atoms with Gasteiger partial charge in [0.25, 0.3) is 0 Å². The fourth-order valence-corrected chi connectivity index (χ4v) is 3.48. The van der Waals surface area contributed by atoms with Gasteiger partial charge >= 0.3 is 0 Å². The molecule has 0 saturated heterocycles. The number of fused-ring (bicyclic) bond motifs is 1. The highest BCUT2D eigenvalue weighted by Gasteiger charge is 2.48. The first-order valence-corrected chi connectivity index (χ1v) is 6.51. The van der Waals surface area contributed by atoms with Gasteiger partial charge in [-0.2, -0.15) is 5.26 Å². The van der Waals surface area contributed by atoms with Gasteiger partial charge in [-0.1, -0.05) is 56.3 Å². The number of nitriles is 1. The van der Waals surface area contributed by atoms with Crippen LogP contribution in [0.15, 0.2) is 42.5 Å². The number of benzene rings is 2. The van der Waals surface area contributed by atoms with Crippen LogP contribution in [0.1, 0.15) is 31.7 Å². The van der Waals surface area contributed by atoms with Gasteiger partial charge in [0.15, 0.2) is 0 Å². The molecule has 0 aliphatic heterocycles. The predicted molar refractivity (Wildman–Crippen MR) is 74.2 cm³/mol. The van der Waals surface area contributed by atoms with E-state index in [0.717, 1.165) is 6.42 Å². The molecule has 2 aromatic carbocycles. The van der Waals surface area contributed by atoms with Crippen LogP contribution >= 0.6 is 0 Å². The molecule has 1 nitrogen and oxygen atoms in total. The minimum absolute atomic E-state index is 0.172. The maximum atomic E-state index is 9.27. The van der Waals surface area contributed by atoms with E-state index in [4.69, 9.17) is 0 Å². The second-order valence-corrected chi connectivity index (χ2v) is 5.97. The van der Waals surface area contributed by atoms with Crippen molar-refractivity contribution in [2.75, 3.05) is 0 Å². The fourth-order valence-electron chi connectivity index (χ4n) is 3.48. The van der Waals surface area contributed by atoms with Gasteiger partial charge in [-0.25, -0.2) is 0 Å². The van der Waals surface area contributed by atoms with Gasteiger partial charge in [0, 0.05) is 5.92 Å². The average Bonchev–Trinajstić information content (AvgIpc) is 2.36. The van der Waals surface area contributed by atoms with Crippen LogP contribution in [-0.4, -0.2) is 0 Å². The molecule has 18 heavy (non-hydrogen) atoms. The monoisotopic (exact) mass is 235 g/mol. The van der Waals surface area contributed by atoms with Gasteiger partial charge < -0.3 is 0 Å². The third-order valence-electron chi connectivity index (χ3n) is 4.31. The summed E-state index contributed by atoms with van der Waals surface area (Å²) < 4.78 is 0. The lowest BCUT2D eigenvalue weighted by molar-refractivity contribution is 0.0882. The van der Waals surface area contributed by atoms with Crippen molar-refractivity contribution in [3.8, 4) is 6.07 Å². The lowest BCUT2D eigenvalue weighted by atomic mass is 9.53. The summed E-state index contributed by atoms with van der Waals surface area (Å²) in [5, 5.41) is 11.8. The average molecular weight is 235 g/mol. The highest BCUT2D eigenvalue weighted by molar-refractivity contribution is 5.86. The lowest BCUT2D eigenvalue weighted by Gasteiger charge is -2.49. The van der Waals surface area contributed by atoms with Crippen LogP contribution in [0.25, 0.3) is 10.8 Å². The van der Waals surface area contributed by atoms with E-state index in [-0.39, 0.29) is 11.3 Å². The number of hydrogen-bond acceptors (Lipinski definition) is 1. The molecule has 0 amide bonds. The van der Waals surface area contributed by atoms with Crippen LogP contribution in [-0.2, 0) is 0 Å². The van der Waals surface area contributed by atoms with Gasteiger partial charge in [0.05, 0.1) is 12.0 Å². The summed E-state index contributed by atoms with van der Waals surface area (Å²) in [5.41, 5.74) is 1.58. The summed E-state index contributed by atoms with van der Waals surface area (Å²) >= 11 is 0. The minimum atomic E-state index is 0.172. The molecule has 0 radical (unpaired) electrons. The molecular weight excluding hydrogens is 218 g/mol. The summed E-state index contributed by atoms with van der Waals surface area (Å²) in [6.45, 7) is 4.54. The Bertz CT molecular complexity index is 628. The zero-order valence-electron chi connectivity index (χ0n) is 10.9. The molecule has 2 atom stereocenters. The van der Waals surface area contributed by atoms with E-state index >= 15 is 0 Å². The molecule has 1 heteroatoms. The number of nitrogens with zero attached hydrogens (tertiary/aromatic N) is 1. The summed E-state index contributed by atoms with van der Waals surface area (Å²) in [5.74, 6) is 0.541. The van der Waals surface area contributed by atoms with Crippen molar-refractivity contribution in [3.63, 3.8) is 0 Å². The van der Waals surface area contributed by atoms with E-state index in [2.05, 4.69) is 62.4 Å². The Morgan fingerprint density at radius 3 is 2.56 bits per heavy atom. The van der Waals surface area contributed by atoms with Crippen molar-refractivity contribution in [2.45, 2.75) is 26.2 Å². The van der Waals surface area contributed by atoms with Crippen LogP contribution in [0.4, 0.5) is 0 Å². The fraction of sp³-hybridized carbons (Fsp3) is 0.353. The SMILES string of the molecule is CC1(C)CC(C#N)C1c1cccc2ccccc12. The van der Waals surface area contributed by atoms with E-state index in [1.54, 1.807) is 0 Å². The molecular formula is C17H17N. The van der Waals surface area contributed by atoms with E-state index in [0.29, 0.717) is 5.92 Å². The van der Waals surface area contributed by atoms with E-state index in [9.17, 15) is 5.26 Å². The first-order valence-electron chi connectivity index (χ1n) is 6.51. The summed E-state index contributed by atoms with van der Waals surface area (Å²) in [6, 6.07) is 17.4. The van der Waals surface area contributed by atoms with Gasteiger partial charge in [0.2, 0.25) is 0 Å². The molecule has 3 rings (SSSR count). The van der Waals surface area contributed by atoms with Crippen molar-refractivity contribution in [3.05, 3.63) is 48.0 Å². The molecule has 2 aromatic rings. The molecule has 0 aromatic heterocycles. The van der Waals surface area contributed by atoms with Crippen molar-refractivity contribution < 1.29 is 0 Å². The second kappa shape index (κ2) is 3.85. The van der Waals surface area contributed by atoms with Crippen LogP contribution in [0.2, 0.25) is 0 Å². The standard InChI is InChI=1S/C17H17N/c1-17(2)10-13(11-18)16(17)15-9-5-7-12-6-3-4-8-14(12)15/h3-9,13,16H,10H2,1-2H3. The lowest BCUT2D eigenvalue weighted by Crippen LogP contribution is -2.41. The summed E-state index contributed by atoms with van der Waals surface area (Å²) in [6.07, 6.45) is 1.01. The predicted octanol–water partition coefficient (Wildman–Crippen LogP) is 4.49. The molecule has 0 heterocycles. The van der Waals surface area contributed by atoms with E-state index in [1.807, 2.05) is 0 Å². The molecule has 1 saturated carbocycles. The molecule has 1 aliphatic carbocycles.